The zero-order chi connectivity index (χ0) is 20.4. The third-order valence-electron chi connectivity index (χ3n) is 4.45. The van der Waals surface area contributed by atoms with Crippen LogP contribution in [-0.2, 0) is 15.4 Å². The van der Waals surface area contributed by atoms with Crippen LogP contribution in [0.5, 0.6) is 0 Å². The Bertz CT molecular complexity index is 1050. The zero-order valence-corrected chi connectivity index (χ0v) is 17.3. The Morgan fingerprint density at radius 1 is 0.893 bits per heavy atom. The smallest absolute Gasteiger partial charge is 0.261 e. The molecule has 3 aromatic rings. The maximum atomic E-state index is 12.6. The van der Waals surface area contributed by atoms with E-state index >= 15 is 0 Å². The number of hydrogen-bond donors (Lipinski definition) is 2. The van der Waals surface area contributed by atoms with Crippen molar-refractivity contribution in [1.82, 2.24) is 4.98 Å². The van der Waals surface area contributed by atoms with Gasteiger partial charge in [-0.25, -0.2) is 13.4 Å². The van der Waals surface area contributed by atoms with Crippen molar-refractivity contribution in [3.05, 3.63) is 78.0 Å². The lowest BCUT2D eigenvalue weighted by Gasteiger charge is -2.19. The molecule has 2 N–H and O–H groups in total. The van der Waals surface area contributed by atoms with Gasteiger partial charge in [0.2, 0.25) is 0 Å². The van der Waals surface area contributed by atoms with Crippen molar-refractivity contribution in [3.63, 3.8) is 0 Å². The summed E-state index contributed by atoms with van der Waals surface area (Å²) in [7, 11) is -3.66. The molecule has 5 nitrogen and oxygen atoms in total. The lowest BCUT2D eigenvalue weighted by molar-refractivity contribution is 0.587. The predicted molar refractivity (Wildman–Crippen MR) is 115 cm³/mol. The van der Waals surface area contributed by atoms with Crippen LogP contribution in [0, 0.1) is 6.92 Å². The van der Waals surface area contributed by atoms with Crippen molar-refractivity contribution in [1.29, 1.82) is 0 Å². The Labute approximate surface area is 166 Å². The van der Waals surface area contributed by atoms with Gasteiger partial charge in [-0.1, -0.05) is 51.1 Å². The zero-order valence-electron chi connectivity index (χ0n) is 16.5. The van der Waals surface area contributed by atoms with E-state index in [0.29, 0.717) is 11.5 Å². The molecule has 0 saturated carbocycles. The summed E-state index contributed by atoms with van der Waals surface area (Å²) in [6, 6.07) is 18.3. The maximum absolute atomic E-state index is 12.6. The van der Waals surface area contributed by atoms with E-state index in [9.17, 15) is 8.42 Å². The van der Waals surface area contributed by atoms with Crippen LogP contribution < -0.4 is 10.0 Å². The van der Waals surface area contributed by atoms with Crippen LogP contribution >= 0.6 is 0 Å². The molecule has 0 unspecified atom stereocenters. The Balaban J connectivity index is 1.73. The summed E-state index contributed by atoms with van der Waals surface area (Å²) in [5, 5.41) is 3.23. The average Bonchev–Trinajstić information content (AvgIpc) is 2.64. The molecule has 0 fully saturated rings. The summed E-state index contributed by atoms with van der Waals surface area (Å²) < 4.78 is 27.8. The average molecular weight is 396 g/mol. The second kappa shape index (κ2) is 7.64. The third-order valence-corrected chi connectivity index (χ3v) is 5.85. The highest BCUT2D eigenvalue weighted by molar-refractivity contribution is 7.92. The van der Waals surface area contributed by atoms with Crippen LogP contribution in [0.4, 0.5) is 17.2 Å². The molecular formula is C22H25N3O2S. The number of sulfonamides is 1. The van der Waals surface area contributed by atoms with Gasteiger partial charge in [-0.05, 0) is 53.8 Å². The Morgan fingerprint density at radius 3 is 2.14 bits per heavy atom. The molecule has 1 aromatic heterocycles. The number of nitrogens with zero attached hydrogens (tertiary/aromatic N) is 1. The van der Waals surface area contributed by atoms with Gasteiger partial charge in [0.1, 0.15) is 5.82 Å². The molecule has 0 spiro atoms. The Morgan fingerprint density at radius 2 is 1.57 bits per heavy atom. The van der Waals surface area contributed by atoms with E-state index in [2.05, 4.69) is 35.8 Å². The summed E-state index contributed by atoms with van der Waals surface area (Å²) >= 11 is 0. The van der Waals surface area contributed by atoms with Crippen LogP contribution in [0.2, 0.25) is 0 Å². The highest BCUT2D eigenvalue weighted by Gasteiger charge is 2.17. The van der Waals surface area contributed by atoms with Gasteiger partial charge in [0, 0.05) is 5.69 Å². The molecule has 1 heterocycles. The minimum absolute atomic E-state index is 0.0282. The molecule has 0 bridgehead atoms. The molecule has 3 rings (SSSR count). The summed E-state index contributed by atoms with van der Waals surface area (Å²) in [5.41, 5.74) is 3.53. The number of hydrogen-bond acceptors (Lipinski definition) is 4. The van der Waals surface area contributed by atoms with Crippen molar-refractivity contribution in [2.75, 3.05) is 10.0 Å². The molecule has 0 aliphatic heterocycles. The van der Waals surface area contributed by atoms with Crippen LogP contribution in [0.1, 0.15) is 31.9 Å². The third kappa shape index (κ3) is 4.70. The molecule has 0 amide bonds. The minimum Gasteiger partial charge on any atom is -0.340 e. The molecule has 0 radical (unpaired) electrons. The molecule has 0 saturated heterocycles. The first-order valence-corrected chi connectivity index (χ1v) is 10.6. The number of pyridine rings is 1. The Hall–Kier alpha value is -2.86. The molecule has 0 aliphatic rings. The Kier molecular flexibility index (Phi) is 5.42. The SMILES string of the molecule is Cc1ccccc1Nc1ccc(NS(=O)(=O)c2ccc(C(C)(C)C)cc2)cn1. The van der Waals surface area contributed by atoms with Gasteiger partial charge in [0.05, 0.1) is 16.8 Å². The predicted octanol–water partition coefficient (Wildman–Crippen LogP) is 5.23. The van der Waals surface area contributed by atoms with Crippen LogP contribution in [0.25, 0.3) is 0 Å². The molecule has 28 heavy (non-hydrogen) atoms. The summed E-state index contributed by atoms with van der Waals surface area (Å²) in [6.07, 6.45) is 1.50. The minimum atomic E-state index is -3.66. The van der Waals surface area contributed by atoms with Crippen molar-refractivity contribution in [2.24, 2.45) is 0 Å². The molecule has 0 atom stereocenters. The van der Waals surface area contributed by atoms with Gasteiger partial charge in [-0.2, -0.15) is 0 Å². The normalized spacial score (nSPS) is 11.9. The molecule has 0 aliphatic carbocycles. The fraction of sp³-hybridized carbons (Fsp3) is 0.227. The van der Waals surface area contributed by atoms with Gasteiger partial charge in [-0.3, -0.25) is 4.72 Å². The number of benzene rings is 2. The van der Waals surface area contributed by atoms with E-state index < -0.39 is 10.0 Å². The monoisotopic (exact) mass is 395 g/mol. The van der Waals surface area contributed by atoms with E-state index in [0.717, 1.165) is 16.8 Å². The topological polar surface area (TPSA) is 71.1 Å². The van der Waals surface area contributed by atoms with Gasteiger partial charge >= 0.3 is 0 Å². The quantitative estimate of drug-likeness (QED) is 0.620. The van der Waals surface area contributed by atoms with Crippen LogP contribution in [0.3, 0.4) is 0 Å². The first kappa shape index (κ1) is 19.9. The molecule has 146 valence electrons. The molecule has 2 aromatic carbocycles. The van der Waals surface area contributed by atoms with Gasteiger partial charge in [0.25, 0.3) is 10.0 Å². The van der Waals surface area contributed by atoms with Gasteiger partial charge in [0.15, 0.2) is 0 Å². The van der Waals surface area contributed by atoms with E-state index in [1.807, 2.05) is 43.3 Å². The maximum Gasteiger partial charge on any atom is 0.261 e. The first-order chi connectivity index (χ1) is 13.1. The highest BCUT2D eigenvalue weighted by atomic mass is 32.2. The van der Waals surface area contributed by atoms with Crippen LogP contribution in [-0.4, -0.2) is 13.4 Å². The largest absolute Gasteiger partial charge is 0.340 e. The lowest BCUT2D eigenvalue weighted by atomic mass is 9.87. The molecular weight excluding hydrogens is 370 g/mol. The van der Waals surface area contributed by atoms with E-state index in [-0.39, 0.29) is 10.3 Å². The fourth-order valence-electron chi connectivity index (χ4n) is 2.73. The van der Waals surface area contributed by atoms with Crippen molar-refractivity contribution < 1.29 is 8.42 Å². The number of para-hydroxylation sites is 1. The van der Waals surface area contributed by atoms with Crippen molar-refractivity contribution in [3.8, 4) is 0 Å². The second-order valence-corrected chi connectivity index (χ2v) is 9.43. The van der Waals surface area contributed by atoms with E-state index in [1.165, 1.54) is 6.20 Å². The summed E-state index contributed by atoms with van der Waals surface area (Å²) in [5.74, 6) is 0.645. The van der Waals surface area contributed by atoms with Gasteiger partial charge < -0.3 is 5.32 Å². The summed E-state index contributed by atoms with van der Waals surface area (Å²) in [6.45, 7) is 8.28. The fourth-order valence-corrected chi connectivity index (χ4v) is 3.77. The number of aryl methyl sites for hydroxylation is 1. The van der Waals surface area contributed by atoms with E-state index in [1.54, 1.807) is 24.3 Å². The lowest BCUT2D eigenvalue weighted by Crippen LogP contribution is -2.15. The first-order valence-electron chi connectivity index (χ1n) is 9.07. The van der Waals surface area contributed by atoms with Gasteiger partial charge in [-0.15, -0.1) is 0 Å². The molecule has 6 heteroatoms. The number of anilines is 3. The second-order valence-electron chi connectivity index (χ2n) is 7.75. The van der Waals surface area contributed by atoms with E-state index in [4.69, 9.17) is 0 Å². The van der Waals surface area contributed by atoms with Crippen molar-refractivity contribution in [2.45, 2.75) is 38.0 Å². The number of aromatic nitrogens is 1. The standard InChI is InChI=1S/C22H25N3O2S/c1-16-7-5-6-8-20(16)24-21-14-11-18(15-23-21)25-28(26,27)19-12-9-17(10-13-19)22(2,3)4/h5-15,25H,1-4H3,(H,23,24). The van der Waals surface area contributed by atoms with Crippen LogP contribution in [0.15, 0.2) is 71.8 Å². The number of nitrogens with one attached hydrogen (secondary N) is 2. The number of rotatable bonds is 5. The highest BCUT2D eigenvalue weighted by Crippen LogP contribution is 2.25. The summed E-state index contributed by atoms with van der Waals surface area (Å²) in [4.78, 5) is 4.53. The van der Waals surface area contributed by atoms with Crippen molar-refractivity contribution >= 4 is 27.2 Å².